The average Bonchev–Trinajstić information content (AvgIpc) is 3.25. The van der Waals surface area contributed by atoms with Gasteiger partial charge in [0, 0.05) is 48.8 Å². The Labute approximate surface area is 227 Å². The molecule has 202 valence electrons. The van der Waals surface area contributed by atoms with Crippen LogP contribution < -0.4 is 26.4 Å². The Morgan fingerprint density at radius 1 is 1.29 bits per heavy atom. The first-order chi connectivity index (χ1) is 18.3. The molecule has 2 aromatic rings. The van der Waals surface area contributed by atoms with E-state index in [1.165, 1.54) is 11.3 Å². The molecule has 0 bridgehead atoms. The van der Waals surface area contributed by atoms with E-state index in [1.807, 2.05) is 13.0 Å². The smallest absolute Gasteiger partial charge is 0.258 e. The number of nitrogens with one attached hydrogen (secondary N) is 1. The number of carbonyl (C=O) groups excluding carboxylic acids is 1. The third-order valence-electron chi connectivity index (χ3n) is 7.91. The highest BCUT2D eigenvalue weighted by atomic mass is 32.1. The molecule has 10 nitrogen and oxygen atoms in total. The third kappa shape index (κ3) is 5.21. The fraction of sp³-hybridized carbons (Fsp3) is 0.556. The van der Waals surface area contributed by atoms with E-state index in [1.54, 1.807) is 6.07 Å². The summed E-state index contributed by atoms with van der Waals surface area (Å²) < 4.78 is 6.36. The van der Waals surface area contributed by atoms with Crippen LogP contribution in [0.1, 0.15) is 54.3 Å². The zero-order chi connectivity index (χ0) is 26.9. The molecule has 2 saturated heterocycles. The average molecular weight is 537 g/mol. The number of nitrogen functional groups attached to an aromatic ring is 1. The molecule has 1 atom stereocenters. The molecule has 5 rings (SSSR count). The van der Waals surface area contributed by atoms with Crippen molar-refractivity contribution in [1.29, 1.82) is 5.26 Å². The molecule has 4 heterocycles. The predicted molar refractivity (Wildman–Crippen MR) is 150 cm³/mol. The number of fused-ring (bicyclic) bond motifs is 1. The molecule has 1 unspecified atom stereocenters. The summed E-state index contributed by atoms with van der Waals surface area (Å²) in [4.78, 5) is 28.3. The Kier molecular flexibility index (Phi) is 7.56. The highest BCUT2D eigenvalue weighted by molar-refractivity contribution is 7.16. The van der Waals surface area contributed by atoms with Gasteiger partial charge in [-0.25, -0.2) is 4.98 Å². The number of rotatable bonds is 5. The number of aromatic nitrogens is 1. The van der Waals surface area contributed by atoms with Crippen LogP contribution in [0.15, 0.2) is 17.1 Å². The van der Waals surface area contributed by atoms with Gasteiger partial charge in [-0.05, 0) is 59.2 Å². The van der Waals surface area contributed by atoms with Gasteiger partial charge in [0.2, 0.25) is 0 Å². The molecule has 2 aromatic heterocycles. The number of carbonyl (C=O) groups is 1. The molecule has 2 aliphatic heterocycles. The quantitative estimate of drug-likeness (QED) is 0.386. The molecule has 38 heavy (non-hydrogen) atoms. The molecule has 3 aliphatic rings. The van der Waals surface area contributed by atoms with Crippen LogP contribution in [0.3, 0.4) is 0 Å². The van der Waals surface area contributed by atoms with Crippen LogP contribution in [-0.4, -0.2) is 74.0 Å². The second kappa shape index (κ2) is 10.9. The minimum Gasteiger partial charge on any atom is -0.490 e. The van der Waals surface area contributed by atoms with Crippen molar-refractivity contribution in [3.8, 4) is 11.8 Å². The first-order valence-corrected chi connectivity index (χ1v) is 14.1. The number of hydrogen-bond acceptors (Lipinski definition) is 9. The van der Waals surface area contributed by atoms with Gasteiger partial charge in [0.25, 0.3) is 5.91 Å². The summed E-state index contributed by atoms with van der Waals surface area (Å²) in [5.41, 5.74) is 13.2. The standard InChI is InChI=1S/C27H36N8O2S/c1-27(7-3-4-21-23(27)19(16-28)25(30)38-21)26(36)33-24(29)20-14-18(37-17-5-8-31-9-6-17)15-22(32-20)35-12-10-34(2)11-13-35/h14-15,17,31H,3-13,30H2,1-2H3,(H2,29,33,36). The maximum absolute atomic E-state index is 13.7. The monoisotopic (exact) mass is 536 g/mol. The summed E-state index contributed by atoms with van der Waals surface area (Å²) in [5.74, 6) is 1.13. The minimum absolute atomic E-state index is 0.0520. The summed E-state index contributed by atoms with van der Waals surface area (Å²) in [6, 6.07) is 5.95. The molecule has 1 aliphatic carbocycles. The number of amidine groups is 1. The Morgan fingerprint density at radius 2 is 2.03 bits per heavy atom. The van der Waals surface area contributed by atoms with Crippen molar-refractivity contribution in [2.45, 2.75) is 50.5 Å². The molecular formula is C27H36N8O2S. The van der Waals surface area contributed by atoms with Gasteiger partial charge in [0.05, 0.1) is 11.0 Å². The van der Waals surface area contributed by atoms with Crippen molar-refractivity contribution in [2.75, 3.05) is 56.9 Å². The Morgan fingerprint density at radius 3 is 2.74 bits per heavy atom. The van der Waals surface area contributed by atoms with E-state index in [2.05, 4.69) is 33.2 Å². The summed E-state index contributed by atoms with van der Waals surface area (Å²) in [7, 11) is 2.11. The van der Waals surface area contributed by atoms with E-state index in [-0.39, 0.29) is 17.8 Å². The van der Waals surface area contributed by atoms with Crippen molar-refractivity contribution in [3.05, 3.63) is 33.8 Å². The highest BCUT2D eigenvalue weighted by Gasteiger charge is 2.43. The zero-order valence-electron chi connectivity index (χ0n) is 22.1. The number of nitrogens with two attached hydrogens (primary N) is 2. The number of piperazine rings is 1. The van der Waals surface area contributed by atoms with Gasteiger partial charge >= 0.3 is 0 Å². The number of nitrogens with zero attached hydrogens (tertiary/aromatic N) is 5. The number of pyridine rings is 1. The van der Waals surface area contributed by atoms with Crippen molar-refractivity contribution in [3.63, 3.8) is 0 Å². The maximum atomic E-state index is 13.7. The topological polar surface area (TPSA) is 146 Å². The zero-order valence-corrected chi connectivity index (χ0v) is 22.9. The van der Waals surface area contributed by atoms with E-state index >= 15 is 0 Å². The fourth-order valence-electron chi connectivity index (χ4n) is 5.59. The number of amides is 1. The second-order valence-corrected chi connectivity index (χ2v) is 11.8. The molecule has 11 heteroatoms. The first-order valence-electron chi connectivity index (χ1n) is 13.3. The Bertz CT molecular complexity index is 1270. The number of anilines is 2. The van der Waals surface area contributed by atoms with E-state index in [9.17, 15) is 10.1 Å². The lowest BCUT2D eigenvalue weighted by Gasteiger charge is -2.34. The maximum Gasteiger partial charge on any atom is 0.258 e. The number of piperidine rings is 1. The second-order valence-electron chi connectivity index (χ2n) is 10.6. The molecule has 0 saturated carbocycles. The van der Waals surface area contributed by atoms with Crippen molar-refractivity contribution in [1.82, 2.24) is 15.2 Å². The van der Waals surface area contributed by atoms with Gasteiger partial charge in [-0.3, -0.25) is 4.79 Å². The van der Waals surface area contributed by atoms with Crippen LogP contribution in [0.25, 0.3) is 0 Å². The number of ether oxygens (including phenoxy) is 1. The van der Waals surface area contributed by atoms with Crippen LogP contribution in [0.5, 0.6) is 5.75 Å². The lowest BCUT2D eigenvalue weighted by molar-refractivity contribution is -0.123. The number of likely N-dealkylation sites (N-methyl/N-ethyl adjacent to an activating group) is 1. The van der Waals surface area contributed by atoms with Crippen LogP contribution in [0.4, 0.5) is 10.8 Å². The summed E-state index contributed by atoms with van der Waals surface area (Å²) in [6.45, 7) is 7.24. The number of thiophene rings is 1. The third-order valence-corrected chi connectivity index (χ3v) is 8.99. The van der Waals surface area contributed by atoms with Crippen LogP contribution in [0, 0.1) is 11.3 Å². The number of hydrogen-bond donors (Lipinski definition) is 3. The van der Waals surface area contributed by atoms with E-state index in [0.717, 1.165) is 75.6 Å². The van der Waals surface area contributed by atoms with Crippen LogP contribution in [-0.2, 0) is 16.6 Å². The molecule has 1 amide bonds. The Hall–Kier alpha value is -3.20. The summed E-state index contributed by atoms with van der Waals surface area (Å²) in [5, 5.41) is 13.6. The lowest BCUT2D eigenvalue weighted by atomic mass is 9.72. The number of nitriles is 1. The number of aryl methyl sites for hydroxylation is 1. The lowest BCUT2D eigenvalue weighted by Crippen LogP contribution is -2.45. The number of aliphatic imine (C=N–C) groups is 1. The largest absolute Gasteiger partial charge is 0.490 e. The van der Waals surface area contributed by atoms with E-state index < -0.39 is 5.41 Å². The fourth-order valence-corrected chi connectivity index (χ4v) is 6.78. The van der Waals surface area contributed by atoms with Gasteiger partial charge in [-0.1, -0.05) is 0 Å². The highest BCUT2D eigenvalue weighted by Crippen LogP contribution is 2.46. The van der Waals surface area contributed by atoms with Crippen LogP contribution in [0.2, 0.25) is 0 Å². The van der Waals surface area contributed by atoms with Gasteiger partial charge < -0.3 is 31.3 Å². The first kappa shape index (κ1) is 26.4. The summed E-state index contributed by atoms with van der Waals surface area (Å²) in [6.07, 6.45) is 4.17. The molecular weight excluding hydrogens is 500 g/mol. The van der Waals surface area contributed by atoms with Crippen LogP contribution >= 0.6 is 11.3 Å². The predicted octanol–water partition coefficient (Wildman–Crippen LogP) is 2.01. The normalized spacial score (nSPS) is 23.1. The van der Waals surface area contributed by atoms with E-state index in [0.29, 0.717) is 34.0 Å². The molecule has 5 N–H and O–H groups in total. The van der Waals surface area contributed by atoms with Crippen molar-refractivity contribution < 1.29 is 9.53 Å². The molecule has 0 radical (unpaired) electrons. The van der Waals surface area contributed by atoms with Crippen molar-refractivity contribution in [2.24, 2.45) is 10.7 Å². The van der Waals surface area contributed by atoms with Gasteiger partial charge in [-0.2, -0.15) is 10.3 Å². The van der Waals surface area contributed by atoms with Gasteiger partial charge in [0.15, 0.2) is 5.84 Å². The SMILES string of the molecule is CN1CCN(c2cc(OC3CCNCC3)cc(C(N)=NC(=O)C3(C)CCCc4sc(N)c(C#N)c43)n2)CC1. The minimum atomic E-state index is -0.957. The van der Waals surface area contributed by atoms with Gasteiger partial charge in [0.1, 0.15) is 34.4 Å². The van der Waals surface area contributed by atoms with Crippen molar-refractivity contribution >= 4 is 33.9 Å². The Balaban J connectivity index is 1.47. The summed E-state index contributed by atoms with van der Waals surface area (Å²) >= 11 is 1.39. The molecule has 2 fully saturated rings. The van der Waals surface area contributed by atoms with E-state index in [4.69, 9.17) is 21.2 Å². The molecule has 0 aromatic carbocycles. The molecule has 0 spiro atoms. The van der Waals surface area contributed by atoms with Gasteiger partial charge in [-0.15, -0.1) is 11.3 Å².